The zero-order chi connectivity index (χ0) is 13.8. The molecule has 0 radical (unpaired) electrons. The minimum atomic E-state index is -3.68. The molecule has 0 aliphatic carbocycles. The van der Waals surface area contributed by atoms with E-state index in [1.165, 1.54) is 6.07 Å². The average molecular weight is 272 g/mol. The molecule has 2 unspecified atom stereocenters. The lowest BCUT2D eigenvalue weighted by Crippen LogP contribution is -2.34. The summed E-state index contributed by atoms with van der Waals surface area (Å²) in [7, 11) is -3.68. The third-order valence-corrected chi connectivity index (χ3v) is 3.80. The normalized spacial score (nSPS) is 15.3. The molecule has 0 saturated heterocycles. The minimum absolute atomic E-state index is 0.00172. The number of hydrogen-bond donors (Lipinski definition) is 3. The molecule has 1 rings (SSSR count). The van der Waals surface area contributed by atoms with Gasteiger partial charge in [-0.3, -0.25) is 0 Å². The van der Waals surface area contributed by atoms with Crippen LogP contribution < -0.4 is 10.5 Å². The van der Waals surface area contributed by atoms with Gasteiger partial charge in [0.25, 0.3) is 0 Å². The highest BCUT2D eigenvalue weighted by molar-refractivity contribution is 7.89. The summed E-state index contributed by atoms with van der Waals surface area (Å²) < 4.78 is 22.5. The van der Waals surface area contributed by atoms with E-state index in [0.29, 0.717) is 0 Å². The quantitative estimate of drug-likeness (QED) is 0.712. The van der Waals surface area contributed by atoms with Crippen molar-refractivity contribution in [1.82, 2.24) is 5.32 Å². The van der Waals surface area contributed by atoms with Crippen LogP contribution in [0.4, 0.5) is 0 Å². The van der Waals surface area contributed by atoms with Crippen LogP contribution in [-0.2, 0) is 10.0 Å². The number of aliphatic hydroxyl groups is 1. The van der Waals surface area contributed by atoms with E-state index in [1.54, 1.807) is 12.1 Å². The molecule has 0 fully saturated rings. The number of hydrogen-bond acceptors (Lipinski definition) is 4. The first-order valence-electron chi connectivity index (χ1n) is 5.88. The number of sulfonamides is 1. The van der Waals surface area contributed by atoms with Crippen molar-refractivity contribution in [2.24, 2.45) is 5.14 Å². The molecule has 6 heteroatoms. The minimum Gasteiger partial charge on any atom is -0.395 e. The smallest absolute Gasteiger partial charge is 0.238 e. The Balaban J connectivity index is 2.90. The lowest BCUT2D eigenvalue weighted by molar-refractivity contribution is 0.230. The average Bonchev–Trinajstić information content (AvgIpc) is 2.34. The fourth-order valence-electron chi connectivity index (χ4n) is 1.71. The van der Waals surface area contributed by atoms with Gasteiger partial charge in [-0.05, 0) is 31.0 Å². The van der Waals surface area contributed by atoms with Crippen LogP contribution in [0.15, 0.2) is 29.2 Å². The summed E-state index contributed by atoms with van der Waals surface area (Å²) >= 11 is 0. The molecule has 18 heavy (non-hydrogen) atoms. The number of nitrogens with two attached hydrogens (primary N) is 1. The number of nitrogens with one attached hydrogen (secondary N) is 1. The largest absolute Gasteiger partial charge is 0.395 e. The highest BCUT2D eigenvalue weighted by Gasteiger charge is 2.14. The molecule has 4 N–H and O–H groups in total. The van der Waals surface area contributed by atoms with E-state index in [-0.39, 0.29) is 23.6 Å². The zero-order valence-electron chi connectivity index (χ0n) is 10.6. The van der Waals surface area contributed by atoms with Crippen molar-refractivity contribution in [3.05, 3.63) is 29.8 Å². The maximum Gasteiger partial charge on any atom is 0.238 e. The van der Waals surface area contributed by atoms with Crippen molar-refractivity contribution < 1.29 is 13.5 Å². The van der Waals surface area contributed by atoms with E-state index in [1.807, 2.05) is 19.9 Å². The van der Waals surface area contributed by atoms with Crippen LogP contribution >= 0.6 is 0 Å². The lowest BCUT2D eigenvalue weighted by atomic mass is 10.1. The summed E-state index contributed by atoms with van der Waals surface area (Å²) in [4.78, 5) is 0.102. The zero-order valence-corrected chi connectivity index (χ0v) is 11.4. The SMILES string of the molecule is CCC(CO)NC(C)c1cccc(S(N)(=O)=O)c1. The number of rotatable bonds is 6. The second-order valence-electron chi connectivity index (χ2n) is 4.29. The Labute approximate surface area is 108 Å². The molecular formula is C12H20N2O3S. The van der Waals surface area contributed by atoms with Crippen LogP contribution in [0.3, 0.4) is 0 Å². The maximum atomic E-state index is 11.3. The predicted octanol–water partition coefficient (Wildman–Crippen LogP) is 0.755. The van der Waals surface area contributed by atoms with Gasteiger partial charge in [-0.15, -0.1) is 0 Å². The third-order valence-electron chi connectivity index (χ3n) is 2.89. The van der Waals surface area contributed by atoms with E-state index < -0.39 is 10.0 Å². The summed E-state index contributed by atoms with van der Waals surface area (Å²) in [6.07, 6.45) is 0.801. The van der Waals surface area contributed by atoms with Gasteiger partial charge in [0.05, 0.1) is 11.5 Å². The Hall–Kier alpha value is -0.950. The first-order chi connectivity index (χ1) is 8.38. The summed E-state index contributed by atoms with van der Waals surface area (Å²) in [6, 6.07) is 6.46. The molecular weight excluding hydrogens is 252 g/mol. The van der Waals surface area contributed by atoms with E-state index in [4.69, 9.17) is 10.2 Å². The van der Waals surface area contributed by atoms with Crippen molar-refractivity contribution in [2.45, 2.75) is 37.2 Å². The van der Waals surface area contributed by atoms with E-state index in [0.717, 1.165) is 12.0 Å². The third kappa shape index (κ3) is 4.06. The Bertz CT molecular complexity index is 484. The van der Waals surface area contributed by atoms with Crippen LogP contribution in [-0.4, -0.2) is 26.2 Å². The first-order valence-corrected chi connectivity index (χ1v) is 7.42. The molecule has 5 nitrogen and oxygen atoms in total. The molecule has 0 saturated carbocycles. The van der Waals surface area contributed by atoms with Gasteiger partial charge < -0.3 is 10.4 Å². The van der Waals surface area contributed by atoms with Gasteiger partial charge in [0.1, 0.15) is 0 Å². The lowest BCUT2D eigenvalue weighted by Gasteiger charge is -2.21. The van der Waals surface area contributed by atoms with Crippen LogP contribution in [0.1, 0.15) is 31.9 Å². The van der Waals surface area contributed by atoms with E-state index in [2.05, 4.69) is 5.32 Å². The molecule has 0 aliphatic rings. The molecule has 1 aromatic rings. The van der Waals surface area contributed by atoms with Crippen LogP contribution in [0, 0.1) is 0 Å². The van der Waals surface area contributed by atoms with Gasteiger partial charge in [-0.25, -0.2) is 13.6 Å². The topological polar surface area (TPSA) is 92.4 Å². The standard InChI is InChI=1S/C12H20N2O3S/c1-3-11(8-15)14-9(2)10-5-4-6-12(7-10)18(13,16)17/h4-7,9,11,14-15H,3,8H2,1-2H3,(H2,13,16,17). The van der Waals surface area contributed by atoms with Gasteiger partial charge in [-0.1, -0.05) is 19.1 Å². The van der Waals surface area contributed by atoms with Crippen molar-refractivity contribution in [2.75, 3.05) is 6.61 Å². The molecule has 0 amide bonds. The number of primary sulfonamides is 1. The van der Waals surface area contributed by atoms with Gasteiger partial charge in [-0.2, -0.15) is 0 Å². The Morgan fingerprint density at radius 2 is 2.11 bits per heavy atom. The van der Waals surface area contributed by atoms with Crippen LogP contribution in [0.25, 0.3) is 0 Å². The van der Waals surface area contributed by atoms with E-state index in [9.17, 15) is 8.42 Å². The van der Waals surface area contributed by atoms with Gasteiger partial charge >= 0.3 is 0 Å². The molecule has 0 aromatic heterocycles. The summed E-state index contributed by atoms with van der Waals surface area (Å²) in [5, 5.41) is 17.4. The summed E-state index contributed by atoms with van der Waals surface area (Å²) in [6.45, 7) is 3.94. The van der Waals surface area contributed by atoms with Gasteiger partial charge in [0.2, 0.25) is 10.0 Å². The van der Waals surface area contributed by atoms with Crippen molar-refractivity contribution in [3.63, 3.8) is 0 Å². The molecule has 0 spiro atoms. The molecule has 0 bridgehead atoms. The highest BCUT2D eigenvalue weighted by Crippen LogP contribution is 2.17. The fourth-order valence-corrected chi connectivity index (χ4v) is 2.28. The predicted molar refractivity (Wildman–Crippen MR) is 70.5 cm³/mol. The van der Waals surface area contributed by atoms with Crippen molar-refractivity contribution in [3.8, 4) is 0 Å². The highest BCUT2D eigenvalue weighted by atomic mass is 32.2. The van der Waals surface area contributed by atoms with Crippen LogP contribution in [0.5, 0.6) is 0 Å². The van der Waals surface area contributed by atoms with Crippen molar-refractivity contribution >= 4 is 10.0 Å². The Morgan fingerprint density at radius 1 is 1.44 bits per heavy atom. The fraction of sp³-hybridized carbons (Fsp3) is 0.500. The van der Waals surface area contributed by atoms with Gasteiger partial charge in [0.15, 0.2) is 0 Å². The summed E-state index contributed by atoms with van der Waals surface area (Å²) in [5.74, 6) is 0. The van der Waals surface area contributed by atoms with Gasteiger partial charge in [0, 0.05) is 12.1 Å². The second-order valence-corrected chi connectivity index (χ2v) is 5.86. The molecule has 1 aromatic carbocycles. The molecule has 0 heterocycles. The molecule has 0 aliphatic heterocycles. The number of aliphatic hydroxyl groups excluding tert-OH is 1. The molecule has 2 atom stereocenters. The summed E-state index contributed by atoms with van der Waals surface area (Å²) in [5.41, 5.74) is 0.827. The molecule has 102 valence electrons. The van der Waals surface area contributed by atoms with Crippen LogP contribution in [0.2, 0.25) is 0 Å². The maximum absolute atomic E-state index is 11.3. The number of benzene rings is 1. The van der Waals surface area contributed by atoms with E-state index >= 15 is 0 Å². The first kappa shape index (κ1) is 15.1. The van der Waals surface area contributed by atoms with Crippen molar-refractivity contribution in [1.29, 1.82) is 0 Å². The second kappa shape index (κ2) is 6.29. The Morgan fingerprint density at radius 3 is 2.61 bits per heavy atom. The monoisotopic (exact) mass is 272 g/mol. The Kier molecular flexibility index (Phi) is 5.28.